The zero-order chi connectivity index (χ0) is 12.0. The predicted molar refractivity (Wildman–Crippen MR) is 58.6 cm³/mol. The van der Waals surface area contributed by atoms with Crippen molar-refractivity contribution >= 4 is 11.9 Å². The van der Waals surface area contributed by atoms with Gasteiger partial charge in [0.15, 0.2) is 5.41 Å². The summed E-state index contributed by atoms with van der Waals surface area (Å²) in [6, 6.07) is 0. The number of carbonyl (C=O) groups excluding carboxylic acids is 2. The highest BCUT2D eigenvalue weighted by Crippen LogP contribution is 2.31. The van der Waals surface area contributed by atoms with Crippen LogP contribution in [0.2, 0.25) is 0 Å². The second kappa shape index (κ2) is 5.49. The molecule has 1 aliphatic carbocycles. The average molecular weight is 224 g/mol. The van der Waals surface area contributed by atoms with Gasteiger partial charge in [-0.25, -0.2) is 0 Å². The monoisotopic (exact) mass is 224 g/mol. The molecule has 88 valence electrons. The van der Waals surface area contributed by atoms with Gasteiger partial charge in [-0.15, -0.1) is 0 Å². The van der Waals surface area contributed by atoms with Crippen LogP contribution in [0.5, 0.6) is 0 Å². The maximum atomic E-state index is 11.8. The van der Waals surface area contributed by atoms with E-state index in [-0.39, 0.29) is 13.2 Å². The van der Waals surface area contributed by atoms with Gasteiger partial charge < -0.3 is 9.47 Å². The number of hydrogen-bond acceptors (Lipinski definition) is 4. The lowest BCUT2D eigenvalue weighted by atomic mass is 9.81. The fraction of sp³-hybridized carbons (Fsp3) is 0.500. The standard InChI is InChI=1S/C12H16O4/c1-3-15-10(13)12(11(14)16-4-2)8-6-5-7-9-12/h5-8H,3-4,9H2,1-2H3. The quantitative estimate of drug-likeness (QED) is 0.538. The van der Waals surface area contributed by atoms with E-state index in [0.717, 1.165) is 0 Å². The van der Waals surface area contributed by atoms with E-state index in [1.54, 1.807) is 38.2 Å². The molecule has 1 rings (SSSR count). The summed E-state index contributed by atoms with van der Waals surface area (Å²) in [6.45, 7) is 3.91. The van der Waals surface area contributed by atoms with Crippen molar-refractivity contribution in [1.82, 2.24) is 0 Å². The average Bonchev–Trinajstić information content (AvgIpc) is 2.30. The van der Waals surface area contributed by atoms with Crippen LogP contribution in [-0.4, -0.2) is 25.2 Å². The molecule has 0 heterocycles. The number of carbonyl (C=O) groups is 2. The van der Waals surface area contributed by atoms with Crippen molar-refractivity contribution in [1.29, 1.82) is 0 Å². The van der Waals surface area contributed by atoms with E-state index in [1.165, 1.54) is 0 Å². The largest absolute Gasteiger partial charge is 0.465 e. The third kappa shape index (κ3) is 2.32. The number of ether oxygens (including phenoxy) is 2. The van der Waals surface area contributed by atoms with Crippen LogP contribution < -0.4 is 0 Å². The fourth-order valence-corrected chi connectivity index (χ4v) is 1.53. The van der Waals surface area contributed by atoms with Crippen LogP contribution in [0.25, 0.3) is 0 Å². The Kier molecular flexibility index (Phi) is 4.28. The van der Waals surface area contributed by atoms with Crippen LogP contribution in [0.4, 0.5) is 0 Å². The Morgan fingerprint density at radius 3 is 2.06 bits per heavy atom. The second-order valence-corrected chi connectivity index (χ2v) is 3.40. The molecule has 0 unspecified atom stereocenters. The first-order valence-electron chi connectivity index (χ1n) is 5.36. The Hall–Kier alpha value is -1.58. The number of hydrogen-bond donors (Lipinski definition) is 0. The first-order valence-corrected chi connectivity index (χ1v) is 5.36. The highest BCUT2D eigenvalue weighted by Gasteiger charge is 2.46. The Morgan fingerprint density at radius 1 is 1.12 bits per heavy atom. The summed E-state index contributed by atoms with van der Waals surface area (Å²) in [5, 5.41) is 0. The predicted octanol–water partition coefficient (Wildman–Crippen LogP) is 1.62. The van der Waals surface area contributed by atoms with E-state index in [0.29, 0.717) is 6.42 Å². The molecule has 4 nitrogen and oxygen atoms in total. The van der Waals surface area contributed by atoms with Gasteiger partial charge in [-0.05, 0) is 20.3 Å². The molecule has 0 bridgehead atoms. The first kappa shape index (κ1) is 12.5. The minimum Gasteiger partial charge on any atom is -0.465 e. The van der Waals surface area contributed by atoms with Crippen molar-refractivity contribution in [2.45, 2.75) is 20.3 Å². The van der Waals surface area contributed by atoms with E-state index in [4.69, 9.17) is 9.47 Å². The van der Waals surface area contributed by atoms with Crippen molar-refractivity contribution < 1.29 is 19.1 Å². The molecule has 0 saturated heterocycles. The molecule has 1 aliphatic rings. The summed E-state index contributed by atoms with van der Waals surface area (Å²) in [5.41, 5.74) is -1.29. The van der Waals surface area contributed by atoms with E-state index in [2.05, 4.69) is 0 Å². The highest BCUT2D eigenvalue weighted by molar-refractivity contribution is 6.02. The molecular weight excluding hydrogens is 208 g/mol. The molecule has 0 spiro atoms. The van der Waals surface area contributed by atoms with Crippen molar-refractivity contribution in [3.63, 3.8) is 0 Å². The molecule has 0 amide bonds. The lowest BCUT2D eigenvalue weighted by Gasteiger charge is -2.26. The maximum absolute atomic E-state index is 11.8. The van der Waals surface area contributed by atoms with Crippen LogP contribution in [-0.2, 0) is 19.1 Å². The van der Waals surface area contributed by atoms with Gasteiger partial charge in [0, 0.05) is 0 Å². The van der Waals surface area contributed by atoms with Gasteiger partial charge in [0.05, 0.1) is 13.2 Å². The topological polar surface area (TPSA) is 52.6 Å². The van der Waals surface area contributed by atoms with E-state index in [1.807, 2.05) is 0 Å². The number of allylic oxidation sites excluding steroid dienone is 3. The molecule has 4 heteroatoms. The lowest BCUT2D eigenvalue weighted by molar-refractivity contribution is -0.167. The Morgan fingerprint density at radius 2 is 1.69 bits per heavy atom. The first-order chi connectivity index (χ1) is 7.67. The van der Waals surface area contributed by atoms with Crippen molar-refractivity contribution in [2.75, 3.05) is 13.2 Å². The molecule has 0 aliphatic heterocycles. The van der Waals surface area contributed by atoms with Crippen molar-refractivity contribution in [2.24, 2.45) is 5.41 Å². The Labute approximate surface area is 94.9 Å². The van der Waals surface area contributed by atoms with Gasteiger partial charge in [0.25, 0.3) is 0 Å². The molecule has 0 radical (unpaired) electrons. The summed E-state index contributed by atoms with van der Waals surface area (Å²) in [6.07, 6.45) is 7.05. The molecule has 0 aromatic heterocycles. The second-order valence-electron chi connectivity index (χ2n) is 3.40. The lowest BCUT2D eigenvalue weighted by Crippen LogP contribution is -2.40. The summed E-state index contributed by atoms with van der Waals surface area (Å²) in [4.78, 5) is 23.7. The van der Waals surface area contributed by atoms with Crippen LogP contribution in [0.15, 0.2) is 24.3 Å². The summed E-state index contributed by atoms with van der Waals surface area (Å²) < 4.78 is 9.85. The summed E-state index contributed by atoms with van der Waals surface area (Å²) in [5.74, 6) is -1.09. The molecule has 16 heavy (non-hydrogen) atoms. The van der Waals surface area contributed by atoms with Gasteiger partial charge in [-0.1, -0.05) is 24.3 Å². The third-order valence-electron chi connectivity index (χ3n) is 2.35. The van der Waals surface area contributed by atoms with Crippen molar-refractivity contribution in [3.05, 3.63) is 24.3 Å². The molecule has 0 aromatic carbocycles. The molecule has 0 aromatic rings. The van der Waals surface area contributed by atoms with Crippen LogP contribution >= 0.6 is 0 Å². The van der Waals surface area contributed by atoms with Gasteiger partial charge in [-0.2, -0.15) is 0 Å². The SMILES string of the molecule is CCOC(=O)C1(C(=O)OCC)C=CC=CC1. The van der Waals surface area contributed by atoms with Gasteiger partial charge in [0.2, 0.25) is 0 Å². The minimum atomic E-state index is -1.29. The van der Waals surface area contributed by atoms with E-state index < -0.39 is 17.4 Å². The van der Waals surface area contributed by atoms with E-state index in [9.17, 15) is 9.59 Å². The molecule has 0 atom stereocenters. The smallest absolute Gasteiger partial charge is 0.327 e. The zero-order valence-electron chi connectivity index (χ0n) is 9.56. The summed E-state index contributed by atoms with van der Waals surface area (Å²) >= 11 is 0. The van der Waals surface area contributed by atoms with Gasteiger partial charge in [-0.3, -0.25) is 9.59 Å². The van der Waals surface area contributed by atoms with Gasteiger partial charge in [0.1, 0.15) is 0 Å². The van der Waals surface area contributed by atoms with Crippen LogP contribution in [0.1, 0.15) is 20.3 Å². The number of rotatable bonds is 4. The Bertz CT molecular complexity index is 310. The van der Waals surface area contributed by atoms with Gasteiger partial charge >= 0.3 is 11.9 Å². The maximum Gasteiger partial charge on any atom is 0.327 e. The zero-order valence-corrected chi connectivity index (χ0v) is 9.56. The van der Waals surface area contributed by atoms with Crippen LogP contribution in [0.3, 0.4) is 0 Å². The van der Waals surface area contributed by atoms with Crippen molar-refractivity contribution in [3.8, 4) is 0 Å². The third-order valence-corrected chi connectivity index (χ3v) is 2.35. The van der Waals surface area contributed by atoms with Crippen LogP contribution in [0, 0.1) is 5.41 Å². The fourth-order valence-electron chi connectivity index (χ4n) is 1.53. The summed E-state index contributed by atoms with van der Waals surface area (Å²) in [7, 11) is 0. The molecule has 0 fully saturated rings. The molecule has 0 saturated carbocycles. The highest BCUT2D eigenvalue weighted by atomic mass is 16.6. The van der Waals surface area contributed by atoms with E-state index >= 15 is 0 Å². The number of esters is 2. The minimum absolute atomic E-state index is 0.248. The molecule has 0 N–H and O–H groups in total. The Balaban J connectivity index is 2.93. The molecular formula is C12H16O4. The normalized spacial score (nSPS) is 16.9.